The number of Topliss-reactive ketones (excluding diaryl/α,β-unsaturated/α-hetero) is 1. The van der Waals surface area contributed by atoms with Gasteiger partial charge in [-0.15, -0.1) is 0 Å². The number of aliphatic imine (C=N–C) groups is 1. The molecule has 0 saturated heterocycles. The summed E-state index contributed by atoms with van der Waals surface area (Å²) >= 11 is 0. The summed E-state index contributed by atoms with van der Waals surface area (Å²) in [6.45, 7) is 2.74. The monoisotopic (exact) mass is 461 g/mol. The van der Waals surface area contributed by atoms with Crippen LogP contribution < -0.4 is 11.5 Å². The van der Waals surface area contributed by atoms with Gasteiger partial charge >= 0.3 is 0 Å². The van der Waals surface area contributed by atoms with Crippen LogP contribution in [0.4, 0.5) is 0 Å². The molecule has 5 nitrogen and oxygen atoms in total. The summed E-state index contributed by atoms with van der Waals surface area (Å²) in [5.74, 6) is 3.80. The molecule has 2 fully saturated rings. The van der Waals surface area contributed by atoms with E-state index in [0.717, 1.165) is 62.0 Å². The first-order chi connectivity index (χ1) is 14.9. The van der Waals surface area contributed by atoms with Crippen LogP contribution in [-0.4, -0.2) is 41.0 Å². The number of carbonyl (C=O) groups excluding carboxylic acids is 1. The number of aliphatic hydroxyl groups excluding tert-OH is 1. The zero-order chi connectivity index (χ0) is 21.8. The smallest absolute Gasteiger partial charge is 0.186 e. The molecule has 0 aromatic carbocycles. The van der Waals surface area contributed by atoms with Crippen molar-refractivity contribution in [3.05, 3.63) is 23.3 Å². The maximum Gasteiger partial charge on any atom is 0.186 e. The Morgan fingerprint density at radius 1 is 1.35 bits per heavy atom. The molecule has 31 heavy (non-hydrogen) atoms. The second-order valence-electron chi connectivity index (χ2n) is 10.4. The Bertz CT molecular complexity index is 852. The van der Waals surface area contributed by atoms with Crippen molar-refractivity contribution in [1.82, 2.24) is 0 Å². The molecule has 0 radical (unpaired) electrons. The molecule has 0 aromatic heterocycles. The predicted octanol–water partition coefficient (Wildman–Crippen LogP) is 3.68. The lowest BCUT2D eigenvalue weighted by Gasteiger charge is -2.59. The Labute approximate surface area is 193 Å². The lowest BCUT2D eigenvalue weighted by atomic mass is 9.44. The van der Waals surface area contributed by atoms with Gasteiger partial charge in [0.1, 0.15) is 0 Å². The average molecular weight is 462 g/mol. The molecule has 1 heterocycles. The molecule has 0 amide bonds. The summed E-state index contributed by atoms with van der Waals surface area (Å²) in [5, 5.41) is 10.3. The number of hydrogen-bond acceptors (Lipinski definition) is 5. The highest BCUT2D eigenvalue weighted by Crippen LogP contribution is 2.77. The van der Waals surface area contributed by atoms with E-state index in [1.54, 1.807) is 0 Å². The highest BCUT2D eigenvalue weighted by atomic mass is 33.1. The van der Waals surface area contributed by atoms with Crippen molar-refractivity contribution in [2.75, 3.05) is 18.1 Å². The molecule has 1 aliphatic heterocycles. The average Bonchev–Trinajstić information content (AvgIpc) is 3.03. The fourth-order valence-electron chi connectivity index (χ4n) is 8.12. The van der Waals surface area contributed by atoms with E-state index in [1.807, 2.05) is 21.6 Å². The third-order valence-electron chi connectivity index (χ3n) is 9.27. The van der Waals surface area contributed by atoms with Crippen LogP contribution in [0.5, 0.6) is 0 Å². The first kappa shape index (κ1) is 21.9. The van der Waals surface area contributed by atoms with Gasteiger partial charge in [0.15, 0.2) is 11.7 Å². The maximum absolute atomic E-state index is 13.8. The number of ketones is 1. The van der Waals surface area contributed by atoms with Gasteiger partial charge in [0.25, 0.3) is 0 Å². The largest absolute Gasteiger partial charge is 0.396 e. The molecule has 2 saturated carbocycles. The van der Waals surface area contributed by atoms with Crippen molar-refractivity contribution in [3.63, 3.8) is 0 Å². The van der Waals surface area contributed by atoms with E-state index in [9.17, 15) is 9.90 Å². The van der Waals surface area contributed by atoms with Crippen molar-refractivity contribution >= 4 is 33.3 Å². The number of guanidine groups is 1. The molecule has 7 atom stereocenters. The topological polar surface area (TPSA) is 102 Å². The van der Waals surface area contributed by atoms with E-state index in [0.29, 0.717) is 23.5 Å². The lowest BCUT2D eigenvalue weighted by Crippen LogP contribution is -2.57. The van der Waals surface area contributed by atoms with Crippen LogP contribution in [0.1, 0.15) is 51.9 Å². The lowest BCUT2D eigenvalue weighted by molar-refractivity contribution is -0.134. The quantitative estimate of drug-likeness (QED) is 0.251. The van der Waals surface area contributed by atoms with Crippen LogP contribution in [0.2, 0.25) is 0 Å². The molecule has 5 aliphatic rings. The number of nitrogens with zero attached hydrogens (tertiary/aromatic N) is 1. The van der Waals surface area contributed by atoms with Crippen LogP contribution in [0, 0.1) is 34.5 Å². The Morgan fingerprint density at radius 3 is 2.97 bits per heavy atom. The van der Waals surface area contributed by atoms with E-state index in [-0.39, 0.29) is 35.4 Å². The van der Waals surface area contributed by atoms with Crippen LogP contribution in [-0.2, 0) is 4.79 Å². The van der Waals surface area contributed by atoms with Gasteiger partial charge in [0, 0.05) is 23.5 Å². The number of aliphatic hydroxyl groups is 1. The minimum atomic E-state index is -0.0665. The highest BCUT2D eigenvalue weighted by Gasteiger charge is 2.73. The number of hydrogen-bond donors (Lipinski definition) is 3. The Kier molecular flexibility index (Phi) is 5.75. The van der Waals surface area contributed by atoms with Crippen LogP contribution in [0.25, 0.3) is 0 Å². The molecule has 0 unspecified atom stereocenters. The molecular weight excluding hydrogens is 426 g/mol. The molecule has 4 aliphatic carbocycles. The molecule has 5 bridgehead atoms. The zero-order valence-electron chi connectivity index (χ0n) is 18.4. The van der Waals surface area contributed by atoms with Gasteiger partial charge in [-0.1, -0.05) is 46.2 Å². The van der Waals surface area contributed by atoms with E-state index < -0.39 is 0 Å². The van der Waals surface area contributed by atoms with E-state index in [2.05, 4.69) is 24.1 Å². The third kappa shape index (κ3) is 3.09. The summed E-state index contributed by atoms with van der Waals surface area (Å²) < 4.78 is 0. The number of allylic oxidation sites excluding steroid dienone is 4. The SMILES string of the molecule is C[C@]12CCSSC[C@H](N=C(N)N)CCCC3=C4C[C@H]1C[C@H](CO)[C@H]1CC=C[C@@H](C3=O)[C@@]412. The van der Waals surface area contributed by atoms with Gasteiger partial charge in [0.2, 0.25) is 0 Å². The Balaban J connectivity index is 1.58. The van der Waals surface area contributed by atoms with Gasteiger partial charge in [-0.2, -0.15) is 0 Å². The fourth-order valence-corrected chi connectivity index (χ4v) is 10.6. The van der Waals surface area contributed by atoms with Crippen molar-refractivity contribution < 1.29 is 9.90 Å². The summed E-state index contributed by atoms with van der Waals surface area (Å²) in [4.78, 5) is 18.3. The van der Waals surface area contributed by atoms with Crippen LogP contribution >= 0.6 is 21.6 Å². The minimum Gasteiger partial charge on any atom is -0.396 e. The summed E-state index contributed by atoms with van der Waals surface area (Å²) in [7, 11) is 3.82. The third-order valence-corrected chi connectivity index (χ3v) is 11.7. The predicted molar refractivity (Wildman–Crippen MR) is 130 cm³/mol. The number of nitrogens with two attached hydrogens (primary N) is 2. The standard InChI is InChI=1S/C24H35N3O2S2/c1-23-8-9-30-31-13-16(27-22(25)26)4-2-5-17-20-11-15(23)10-14(12-28)18-6-3-7-19(21(17)29)24(18,20)23/h3,7,14-16,18-19,28H,2,4-6,8-13H2,1H3,(H4,25,26,27)/t14-,15-,16-,18-,19+,23+,24-/m1/s1. The molecule has 0 aromatic rings. The van der Waals surface area contributed by atoms with Gasteiger partial charge in [0.05, 0.1) is 12.0 Å². The molecule has 1 spiro atoms. The second-order valence-corrected chi connectivity index (χ2v) is 13.0. The van der Waals surface area contributed by atoms with Gasteiger partial charge in [-0.3, -0.25) is 4.79 Å². The van der Waals surface area contributed by atoms with Crippen LogP contribution in [0.3, 0.4) is 0 Å². The zero-order valence-corrected chi connectivity index (χ0v) is 20.0. The summed E-state index contributed by atoms with van der Waals surface area (Å²) in [5.41, 5.74) is 14.0. The Morgan fingerprint density at radius 2 is 2.19 bits per heavy atom. The molecular formula is C24H35N3O2S2. The minimum absolute atomic E-state index is 0.0188. The highest BCUT2D eigenvalue weighted by molar-refractivity contribution is 8.76. The van der Waals surface area contributed by atoms with Crippen molar-refractivity contribution in [3.8, 4) is 0 Å². The summed E-state index contributed by atoms with van der Waals surface area (Å²) in [6.07, 6.45) is 11.5. The van der Waals surface area contributed by atoms with Crippen molar-refractivity contribution in [1.29, 1.82) is 0 Å². The fraction of sp³-hybridized carbons (Fsp3) is 0.750. The van der Waals surface area contributed by atoms with E-state index >= 15 is 0 Å². The second kappa shape index (κ2) is 8.14. The number of rotatable bonds is 2. The normalized spacial score (nSPS) is 44.5. The van der Waals surface area contributed by atoms with E-state index in [1.165, 1.54) is 5.57 Å². The number of carbonyl (C=O) groups is 1. The van der Waals surface area contributed by atoms with E-state index in [4.69, 9.17) is 11.5 Å². The first-order valence-electron chi connectivity index (χ1n) is 11.8. The van der Waals surface area contributed by atoms with Crippen LogP contribution in [0.15, 0.2) is 28.3 Å². The van der Waals surface area contributed by atoms with Gasteiger partial charge in [-0.05, 0) is 73.7 Å². The van der Waals surface area contributed by atoms with Crippen molar-refractivity contribution in [2.24, 2.45) is 51.0 Å². The molecule has 7 heteroatoms. The molecule has 5 N–H and O–H groups in total. The summed E-state index contributed by atoms with van der Waals surface area (Å²) in [6, 6.07) is 0.115. The van der Waals surface area contributed by atoms with Gasteiger partial charge < -0.3 is 16.6 Å². The van der Waals surface area contributed by atoms with Crippen molar-refractivity contribution in [2.45, 2.75) is 57.9 Å². The Hall–Kier alpha value is -0.920. The first-order valence-corrected chi connectivity index (χ1v) is 14.3. The van der Waals surface area contributed by atoms with Gasteiger partial charge in [-0.25, -0.2) is 4.99 Å². The molecule has 170 valence electrons. The molecule has 5 rings (SSSR count). The maximum atomic E-state index is 13.8.